The predicted molar refractivity (Wildman–Crippen MR) is 92.8 cm³/mol. The number of hydrogen-bond acceptors (Lipinski definition) is 4. The van der Waals surface area contributed by atoms with Crippen molar-refractivity contribution in [3.8, 4) is 0 Å². The Bertz CT molecular complexity index is 651. The first kappa shape index (κ1) is 17.3. The van der Waals surface area contributed by atoms with Gasteiger partial charge in [-0.05, 0) is 12.0 Å². The van der Waals surface area contributed by atoms with E-state index in [0.29, 0.717) is 32.5 Å². The predicted octanol–water partition coefficient (Wildman–Crippen LogP) is 3.53. The zero-order valence-corrected chi connectivity index (χ0v) is 14.6. The summed E-state index contributed by atoms with van der Waals surface area (Å²) in [6, 6.07) is 9.59. The van der Waals surface area contributed by atoms with E-state index in [-0.39, 0.29) is 18.8 Å². The SMILES string of the molecule is C=C1N(CCC)C(=O)OC12CCN(C(=O)OCc1ccccc1)CC2. The van der Waals surface area contributed by atoms with Crippen molar-refractivity contribution in [1.29, 1.82) is 0 Å². The molecule has 1 aromatic rings. The molecule has 0 aromatic heterocycles. The molecule has 0 aliphatic carbocycles. The standard InChI is InChI=1S/C19H24N2O4/c1-3-11-21-15(2)19(25-18(21)23)9-12-20(13-10-19)17(22)24-14-16-7-5-4-6-8-16/h4-8H,2-3,9-14H2,1H3. The van der Waals surface area contributed by atoms with Crippen LogP contribution in [0.1, 0.15) is 31.7 Å². The van der Waals surface area contributed by atoms with Crippen molar-refractivity contribution in [3.63, 3.8) is 0 Å². The van der Waals surface area contributed by atoms with E-state index in [0.717, 1.165) is 17.7 Å². The summed E-state index contributed by atoms with van der Waals surface area (Å²) < 4.78 is 11.0. The Labute approximate surface area is 148 Å². The van der Waals surface area contributed by atoms with Gasteiger partial charge in [0.15, 0.2) is 5.60 Å². The van der Waals surface area contributed by atoms with Crippen LogP contribution in [0.15, 0.2) is 42.6 Å². The Morgan fingerprint density at radius 2 is 1.96 bits per heavy atom. The van der Waals surface area contributed by atoms with Crippen LogP contribution in [0.25, 0.3) is 0 Å². The van der Waals surface area contributed by atoms with Crippen molar-refractivity contribution in [2.45, 2.75) is 38.4 Å². The van der Waals surface area contributed by atoms with Gasteiger partial charge in [0.05, 0.1) is 5.70 Å². The van der Waals surface area contributed by atoms with Crippen molar-refractivity contribution >= 4 is 12.2 Å². The lowest BCUT2D eigenvalue weighted by Crippen LogP contribution is -2.47. The number of rotatable bonds is 4. The molecule has 0 N–H and O–H groups in total. The summed E-state index contributed by atoms with van der Waals surface area (Å²) >= 11 is 0. The van der Waals surface area contributed by atoms with E-state index < -0.39 is 5.60 Å². The van der Waals surface area contributed by atoms with Gasteiger partial charge in [-0.15, -0.1) is 0 Å². The van der Waals surface area contributed by atoms with Gasteiger partial charge in [-0.3, -0.25) is 4.90 Å². The maximum Gasteiger partial charge on any atom is 0.415 e. The zero-order valence-electron chi connectivity index (χ0n) is 14.6. The van der Waals surface area contributed by atoms with Gasteiger partial charge < -0.3 is 14.4 Å². The van der Waals surface area contributed by atoms with Crippen molar-refractivity contribution in [1.82, 2.24) is 9.80 Å². The molecule has 1 aromatic carbocycles. The van der Waals surface area contributed by atoms with Gasteiger partial charge in [0.1, 0.15) is 6.61 Å². The van der Waals surface area contributed by atoms with Crippen LogP contribution in [0, 0.1) is 0 Å². The third-order valence-corrected chi connectivity index (χ3v) is 4.84. The number of benzene rings is 1. The lowest BCUT2D eigenvalue weighted by atomic mass is 9.88. The molecule has 2 saturated heterocycles. The fourth-order valence-corrected chi connectivity index (χ4v) is 3.34. The minimum atomic E-state index is -0.664. The van der Waals surface area contributed by atoms with Crippen LogP contribution in [0.2, 0.25) is 0 Å². The van der Waals surface area contributed by atoms with E-state index in [9.17, 15) is 9.59 Å². The van der Waals surface area contributed by atoms with Crippen LogP contribution in [0.4, 0.5) is 9.59 Å². The van der Waals surface area contributed by atoms with E-state index in [2.05, 4.69) is 6.58 Å². The monoisotopic (exact) mass is 344 g/mol. The maximum absolute atomic E-state index is 12.3. The number of hydrogen-bond donors (Lipinski definition) is 0. The molecule has 0 bridgehead atoms. The molecule has 6 heteroatoms. The van der Waals surface area contributed by atoms with Crippen molar-refractivity contribution in [2.24, 2.45) is 0 Å². The fourth-order valence-electron chi connectivity index (χ4n) is 3.34. The summed E-state index contributed by atoms with van der Waals surface area (Å²) in [5.74, 6) is 0. The van der Waals surface area contributed by atoms with Gasteiger partial charge in [0.2, 0.25) is 0 Å². The molecule has 25 heavy (non-hydrogen) atoms. The van der Waals surface area contributed by atoms with Gasteiger partial charge >= 0.3 is 12.2 Å². The highest BCUT2D eigenvalue weighted by molar-refractivity contribution is 5.75. The van der Waals surface area contributed by atoms with Crippen LogP contribution in [-0.2, 0) is 16.1 Å². The average molecular weight is 344 g/mol. The molecular formula is C19H24N2O4. The second-order valence-electron chi connectivity index (χ2n) is 6.49. The average Bonchev–Trinajstić information content (AvgIpc) is 2.86. The van der Waals surface area contributed by atoms with Crippen molar-refractivity contribution in [3.05, 3.63) is 48.2 Å². The summed E-state index contributed by atoms with van der Waals surface area (Å²) in [6.45, 7) is 7.93. The molecule has 0 atom stereocenters. The lowest BCUT2D eigenvalue weighted by Gasteiger charge is -2.37. The van der Waals surface area contributed by atoms with Gasteiger partial charge in [-0.1, -0.05) is 43.8 Å². The fraction of sp³-hybridized carbons (Fsp3) is 0.474. The number of ether oxygens (including phenoxy) is 2. The van der Waals surface area contributed by atoms with Gasteiger partial charge in [0, 0.05) is 32.5 Å². The summed E-state index contributed by atoms with van der Waals surface area (Å²) in [6.07, 6.45) is 1.30. The molecule has 6 nitrogen and oxygen atoms in total. The Morgan fingerprint density at radius 1 is 1.28 bits per heavy atom. The number of piperidine rings is 1. The molecule has 3 rings (SSSR count). The lowest BCUT2D eigenvalue weighted by molar-refractivity contribution is 0.0109. The molecule has 2 aliphatic rings. The molecule has 2 fully saturated rings. The first-order valence-electron chi connectivity index (χ1n) is 8.71. The number of carbonyl (C=O) groups is 2. The summed E-state index contributed by atoms with van der Waals surface area (Å²) in [5.41, 5.74) is 1.01. The molecule has 2 heterocycles. The number of amides is 2. The van der Waals surface area contributed by atoms with Crippen LogP contribution < -0.4 is 0 Å². The van der Waals surface area contributed by atoms with Gasteiger partial charge in [0.25, 0.3) is 0 Å². The number of likely N-dealkylation sites (tertiary alicyclic amines) is 1. The van der Waals surface area contributed by atoms with Crippen LogP contribution in [-0.4, -0.2) is 47.2 Å². The van der Waals surface area contributed by atoms with Gasteiger partial charge in [-0.25, -0.2) is 9.59 Å². The smallest absolute Gasteiger partial charge is 0.415 e. The molecule has 0 unspecified atom stereocenters. The van der Waals surface area contributed by atoms with Crippen molar-refractivity contribution < 1.29 is 19.1 Å². The normalized spacial score (nSPS) is 19.2. The van der Waals surface area contributed by atoms with E-state index in [1.165, 1.54) is 0 Å². The summed E-state index contributed by atoms with van der Waals surface area (Å²) in [7, 11) is 0. The molecule has 2 amide bonds. The molecule has 0 saturated carbocycles. The Morgan fingerprint density at radius 3 is 2.60 bits per heavy atom. The third kappa shape index (κ3) is 3.48. The highest BCUT2D eigenvalue weighted by Gasteiger charge is 2.50. The van der Waals surface area contributed by atoms with Crippen molar-refractivity contribution in [2.75, 3.05) is 19.6 Å². The quantitative estimate of drug-likeness (QED) is 0.838. The highest BCUT2D eigenvalue weighted by atomic mass is 16.6. The Kier molecular flexibility index (Phi) is 4.97. The Balaban J connectivity index is 1.54. The number of carbonyl (C=O) groups excluding carboxylic acids is 2. The first-order valence-corrected chi connectivity index (χ1v) is 8.71. The Hall–Kier alpha value is -2.50. The minimum absolute atomic E-state index is 0.257. The maximum atomic E-state index is 12.3. The largest absolute Gasteiger partial charge is 0.445 e. The van der Waals surface area contributed by atoms with Crippen LogP contribution >= 0.6 is 0 Å². The van der Waals surface area contributed by atoms with E-state index in [1.54, 1.807) is 9.80 Å². The third-order valence-electron chi connectivity index (χ3n) is 4.84. The van der Waals surface area contributed by atoms with E-state index >= 15 is 0 Å². The molecule has 2 aliphatic heterocycles. The molecule has 134 valence electrons. The molecular weight excluding hydrogens is 320 g/mol. The van der Waals surface area contributed by atoms with Crippen LogP contribution in [0.3, 0.4) is 0 Å². The number of nitrogens with zero attached hydrogens (tertiary/aromatic N) is 2. The zero-order chi connectivity index (χ0) is 17.9. The highest BCUT2D eigenvalue weighted by Crippen LogP contribution is 2.40. The minimum Gasteiger partial charge on any atom is -0.445 e. The second-order valence-corrected chi connectivity index (χ2v) is 6.49. The summed E-state index contributed by atoms with van der Waals surface area (Å²) in [4.78, 5) is 27.6. The second kappa shape index (κ2) is 7.17. The topological polar surface area (TPSA) is 59.1 Å². The first-order chi connectivity index (χ1) is 12.1. The molecule has 1 spiro atoms. The van der Waals surface area contributed by atoms with Crippen LogP contribution in [0.5, 0.6) is 0 Å². The molecule has 0 radical (unpaired) electrons. The van der Waals surface area contributed by atoms with E-state index in [1.807, 2.05) is 37.3 Å². The summed E-state index contributed by atoms with van der Waals surface area (Å²) in [5, 5.41) is 0. The van der Waals surface area contributed by atoms with Gasteiger partial charge in [-0.2, -0.15) is 0 Å². The van der Waals surface area contributed by atoms with E-state index in [4.69, 9.17) is 9.47 Å².